The summed E-state index contributed by atoms with van der Waals surface area (Å²) in [6, 6.07) is 6.19. The predicted octanol–water partition coefficient (Wildman–Crippen LogP) is 3.20. The highest BCUT2D eigenvalue weighted by molar-refractivity contribution is 5.29. The zero-order chi connectivity index (χ0) is 15.9. The fourth-order valence-electron chi connectivity index (χ4n) is 2.01. The number of hydrogen-bond donors (Lipinski definition) is 1. The van der Waals surface area contributed by atoms with Crippen molar-refractivity contribution in [2.24, 2.45) is 0 Å². The van der Waals surface area contributed by atoms with Crippen LogP contribution in [-0.2, 0) is 6.18 Å². The lowest BCUT2D eigenvalue weighted by Gasteiger charge is -2.19. The summed E-state index contributed by atoms with van der Waals surface area (Å²) < 4.78 is 37.5. The molecule has 0 bridgehead atoms. The van der Waals surface area contributed by atoms with E-state index in [1.54, 1.807) is 0 Å². The zero-order valence-electron chi connectivity index (χ0n) is 12.2. The van der Waals surface area contributed by atoms with Gasteiger partial charge in [0.1, 0.15) is 6.04 Å². The van der Waals surface area contributed by atoms with Crippen LogP contribution in [0.5, 0.6) is 0 Å². The fraction of sp³-hybridized carbons (Fsp3) is 0.533. The van der Waals surface area contributed by atoms with E-state index in [9.17, 15) is 13.2 Å². The molecule has 0 aliphatic heterocycles. The van der Waals surface area contributed by atoms with E-state index in [1.165, 1.54) is 12.1 Å². The Morgan fingerprint density at radius 2 is 1.76 bits per heavy atom. The molecule has 116 valence electrons. The minimum Gasteiger partial charge on any atom is -0.303 e. The second-order valence-corrected chi connectivity index (χ2v) is 4.66. The van der Waals surface area contributed by atoms with E-state index in [1.807, 2.05) is 0 Å². The van der Waals surface area contributed by atoms with Crippen LogP contribution in [0.2, 0.25) is 0 Å². The highest BCUT2D eigenvalue weighted by Crippen LogP contribution is 2.29. The molecule has 3 nitrogen and oxygen atoms in total. The van der Waals surface area contributed by atoms with Crippen molar-refractivity contribution in [3.05, 3.63) is 35.4 Å². The summed E-state index contributed by atoms with van der Waals surface area (Å²) in [6.07, 6.45) is -4.35. The average Bonchev–Trinajstić information content (AvgIpc) is 2.47. The largest absolute Gasteiger partial charge is 0.416 e. The van der Waals surface area contributed by atoms with E-state index in [0.717, 1.165) is 31.8 Å². The third-order valence-electron chi connectivity index (χ3n) is 3.37. The standard InChI is InChI=1S/C15H20F3N3/c1-3-21(4-2)10-9-20-14(11-19)12-5-7-13(8-6-12)15(16,17)18/h5-8,14,20H,3-4,9-10H2,1-2H3. The van der Waals surface area contributed by atoms with Gasteiger partial charge in [0.15, 0.2) is 0 Å². The van der Waals surface area contributed by atoms with Crippen LogP contribution in [0.15, 0.2) is 24.3 Å². The second-order valence-electron chi connectivity index (χ2n) is 4.66. The zero-order valence-corrected chi connectivity index (χ0v) is 12.2. The van der Waals surface area contributed by atoms with Crippen LogP contribution in [-0.4, -0.2) is 31.1 Å². The SMILES string of the molecule is CCN(CC)CCNC(C#N)c1ccc(C(F)(F)F)cc1. The van der Waals surface area contributed by atoms with Crippen LogP contribution in [0.4, 0.5) is 13.2 Å². The summed E-state index contributed by atoms with van der Waals surface area (Å²) >= 11 is 0. The normalized spacial score (nSPS) is 13.2. The van der Waals surface area contributed by atoms with Gasteiger partial charge in [-0.05, 0) is 30.8 Å². The van der Waals surface area contributed by atoms with Crippen molar-refractivity contribution in [3.8, 4) is 6.07 Å². The molecule has 0 amide bonds. The van der Waals surface area contributed by atoms with Gasteiger partial charge in [-0.3, -0.25) is 5.32 Å². The molecule has 1 N–H and O–H groups in total. The minimum absolute atomic E-state index is 0.546. The lowest BCUT2D eigenvalue weighted by atomic mass is 10.1. The average molecular weight is 299 g/mol. The van der Waals surface area contributed by atoms with Crippen LogP contribution in [0.1, 0.15) is 31.0 Å². The van der Waals surface area contributed by atoms with Crippen molar-refractivity contribution in [2.75, 3.05) is 26.2 Å². The number of hydrogen-bond acceptors (Lipinski definition) is 3. The van der Waals surface area contributed by atoms with Crippen molar-refractivity contribution in [1.82, 2.24) is 10.2 Å². The van der Waals surface area contributed by atoms with E-state index in [2.05, 4.69) is 30.1 Å². The van der Waals surface area contributed by atoms with E-state index in [-0.39, 0.29) is 0 Å². The molecular weight excluding hydrogens is 279 g/mol. The van der Waals surface area contributed by atoms with Crippen molar-refractivity contribution < 1.29 is 13.2 Å². The number of likely N-dealkylation sites (N-methyl/N-ethyl adjacent to an activating group) is 1. The van der Waals surface area contributed by atoms with Gasteiger partial charge in [-0.15, -0.1) is 0 Å². The minimum atomic E-state index is -4.35. The molecule has 0 aliphatic carbocycles. The summed E-state index contributed by atoms with van der Waals surface area (Å²) in [5.74, 6) is 0. The fourth-order valence-corrected chi connectivity index (χ4v) is 2.01. The van der Waals surface area contributed by atoms with E-state index in [4.69, 9.17) is 5.26 Å². The Kier molecular flexibility index (Phi) is 6.66. The smallest absolute Gasteiger partial charge is 0.303 e. The molecule has 1 aromatic carbocycles. The molecular formula is C15H20F3N3. The summed E-state index contributed by atoms with van der Waals surface area (Å²) in [5.41, 5.74) is -0.156. The first-order valence-electron chi connectivity index (χ1n) is 6.94. The summed E-state index contributed by atoms with van der Waals surface area (Å²) in [6.45, 7) is 7.38. The van der Waals surface area contributed by atoms with Crippen molar-refractivity contribution in [1.29, 1.82) is 5.26 Å². The summed E-state index contributed by atoms with van der Waals surface area (Å²) in [5, 5.41) is 12.2. The number of nitrogens with zero attached hydrogens (tertiary/aromatic N) is 2. The molecule has 21 heavy (non-hydrogen) atoms. The molecule has 0 aromatic heterocycles. The van der Waals surface area contributed by atoms with Gasteiger partial charge in [0.25, 0.3) is 0 Å². The summed E-state index contributed by atoms with van der Waals surface area (Å²) in [4.78, 5) is 2.20. The molecule has 0 aliphatic rings. The van der Waals surface area contributed by atoms with Gasteiger partial charge in [-0.2, -0.15) is 18.4 Å². The van der Waals surface area contributed by atoms with Gasteiger partial charge in [0, 0.05) is 13.1 Å². The molecule has 0 heterocycles. The number of benzene rings is 1. The van der Waals surface area contributed by atoms with Gasteiger partial charge in [0.05, 0.1) is 11.6 Å². The van der Waals surface area contributed by atoms with Crippen LogP contribution in [0.25, 0.3) is 0 Å². The third-order valence-corrected chi connectivity index (χ3v) is 3.37. The first-order chi connectivity index (χ1) is 9.92. The Morgan fingerprint density at radius 1 is 1.19 bits per heavy atom. The summed E-state index contributed by atoms with van der Waals surface area (Å²) in [7, 11) is 0. The van der Waals surface area contributed by atoms with Gasteiger partial charge in [-0.1, -0.05) is 26.0 Å². The van der Waals surface area contributed by atoms with Crippen LogP contribution in [0.3, 0.4) is 0 Å². The quantitative estimate of drug-likeness (QED) is 0.840. The molecule has 1 atom stereocenters. The Labute approximate surface area is 123 Å². The Morgan fingerprint density at radius 3 is 2.19 bits per heavy atom. The van der Waals surface area contributed by atoms with Crippen molar-refractivity contribution >= 4 is 0 Å². The van der Waals surface area contributed by atoms with Crippen molar-refractivity contribution in [2.45, 2.75) is 26.1 Å². The first kappa shape index (κ1) is 17.5. The first-order valence-corrected chi connectivity index (χ1v) is 6.94. The molecule has 0 radical (unpaired) electrons. The Bertz CT molecular complexity index is 459. The number of alkyl halides is 3. The van der Waals surface area contributed by atoms with Crippen molar-refractivity contribution in [3.63, 3.8) is 0 Å². The maximum absolute atomic E-state index is 12.5. The third kappa shape index (κ3) is 5.37. The lowest BCUT2D eigenvalue weighted by molar-refractivity contribution is -0.137. The van der Waals surface area contributed by atoms with E-state index in [0.29, 0.717) is 12.1 Å². The molecule has 6 heteroatoms. The van der Waals surface area contributed by atoms with Gasteiger partial charge in [-0.25, -0.2) is 0 Å². The van der Waals surface area contributed by atoms with E-state index < -0.39 is 17.8 Å². The molecule has 0 fully saturated rings. The molecule has 0 spiro atoms. The Balaban J connectivity index is 2.63. The molecule has 0 saturated heterocycles. The maximum atomic E-state index is 12.5. The second kappa shape index (κ2) is 8.01. The lowest BCUT2D eigenvalue weighted by Crippen LogP contribution is -2.33. The van der Waals surface area contributed by atoms with Crippen LogP contribution in [0, 0.1) is 11.3 Å². The number of rotatable bonds is 7. The molecule has 0 saturated carbocycles. The highest BCUT2D eigenvalue weighted by Gasteiger charge is 2.30. The molecule has 1 unspecified atom stereocenters. The van der Waals surface area contributed by atoms with E-state index >= 15 is 0 Å². The van der Waals surface area contributed by atoms with Crippen LogP contribution < -0.4 is 5.32 Å². The predicted molar refractivity (Wildman–Crippen MR) is 75.6 cm³/mol. The highest BCUT2D eigenvalue weighted by atomic mass is 19.4. The van der Waals surface area contributed by atoms with Gasteiger partial charge >= 0.3 is 6.18 Å². The molecule has 1 rings (SSSR count). The Hall–Kier alpha value is -1.58. The number of nitriles is 1. The maximum Gasteiger partial charge on any atom is 0.416 e. The topological polar surface area (TPSA) is 39.1 Å². The molecule has 1 aromatic rings. The van der Waals surface area contributed by atoms with Gasteiger partial charge in [0.2, 0.25) is 0 Å². The number of halogens is 3. The van der Waals surface area contributed by atoms with Gasteiger partial charge < -0.3 is 4.90 Å². The number of nitrogens with one attached hydrogen (secondary N) is 1. The van der Waals surface area contributed by atoms with Crippen LogP contribution >= 0.6 is 0 Å². The monoisotopic (exact) mass is 299 g/mol.